The summed E-state index contributed by atoms with van der Waals surface area (Å²) < 4.78 is 36.7. The van der Waals surface area contributed by atoms with Crippen LogP contribution in [0, 0.1) is 35.5 Å². The molecule has 3 radical (unpaired) electrons. The Labute approximate surface area is 334 Å². The molecule has 299 valence electrons. The van der Waals surface area contributed by atoms with Crippen LogP contribution in [0.1, 0.15) is 195 Å². The van der Waals surface area contributed by atoms with E-state index in [0.717, 1.165) is 59.3 Å². The van der Waals surface area contributed by atoms with Gasteiger partial charge in [0.2, 0.25) is 0 Å². The molecule has 0 saturated heterocycles. The summed E-state index contributed by atoms with van der Waals surface area (Å²) in [5.74, 6) is 4.78. The first kappa shape index (κ1) is 42.1. The maximum absolute atomic E-state index is 15.9. The molecule has 0 spiro atoms. The molecule has 0 N–H and O–H groups in total. The van der Waals surface area contributed by atoms with Crippen LogP contribution in [0.15, 0.2) is 24.3 Å². The number of hydrogen-bond donors (Lipinski definition) is 0. The smallest absolute Gasteiger partial charge is 0.394 e. The van der Waals surface area contributed by atoms with Crippen LogP contribution in [-0.4, -0.2) is 15.5 Å². The third kappa shape index (κ3) is 8.94. The van der Waals surface area contributed by atoms with E-state index in [1.165, 1.54) is 56.1 Å². The molecule has 0 aromatic heterocycles. The minimum absolute atomic E-state index is 0.0283. The van der Waals surface area contributed by atoms with Crippen LogP contribution in [0.25, 0.3) is 0 Å². The van der Waals surface area contributed by atoms with Gasteiger partial charge >= 0.3 is 7.82 Å². The van der Waals surface area contributed by atoms with Gasteiger partial charge in [0, 0.05) is 17.5 Å². The van der Waals surface area contributed by atoms with Crippen molar-refractivity contribution in [3.05, 3.63) is 57.6 Å². The summed E-state index contributed by atoms with van der Waals surface area (Å²) in [4.78, 5) is 0. The fourth-order valence-corrected chi connectivity index (χ4v) is 12.2. The predicted octanol–water partition coefficient (Wildman–Crippen LogP) is 13.9. The lowest BCUT2D eigenvalue weighted by atomic mass is 9.66. The molecule has 1 heterocycles. The standard InChI is InChI=1S/C48H74O4PSi/c1-30(2)31(3)48(54,28-32-21-22-32)52-53(49)50-42-35(24-37(44(4,5)6)26-40(42)45(7,8)9)23-36-25-38(27-41(43(36)51-53)46(10,11)12)47(13,14)29-34-19-16-20-39(34)33-17-15-18-33/h24-27,30-34,39H,15-23,28-29H2,1-14H3. The zero-order chi connectivity index (χ0) is 39.8. The van der Waals surface area contributed by atoms with Gasteiger partial charge < -0.3 is 9.05 Å². The van der Waals surface area contributed by atoms with E-state index in [1.54, 1.807) is 0 Å². The van der Waals surface area contributed by atoms with Crippen LogP contribution in [0.4, 0.5) is 0 Å². The number of hydrogen-bond acceptors (Lipinski definition) is 4. The third-order valence-corrected chi connectivity index (χ3v) is 16.2. The van der Waals surface area contributed by atoms with Crippen molar-refractivity contribution in [1.29, 1.82) is 0 Å². The van der Waals surface area contributed by atoms with Crippen LogP contribution >= 0.6 is 7.82 Å². The topological polar surface area (TPSA) is 44.8 Å². The quantitative estimate of drug-likeness (QED) is 0.178. The molecule has 4 aliphatic rings. The van der Waals surface area contributed by atoms with Gasteiger partial charge in [0.1, 0.15) is 11.5 Å². The Morgan fingerprint density at radius 3 is 1.69 bits per heavy atom. The highest BCUT2D eigenvalue weighted by Crippen LogP contribution is 2.61. The van der Waals surface area contributed by atoms with Gasteiger partial charge in [-0.2, -0.15) is 0 Å². The Morgan fingerprint density at radius 1 is 0.704 bits per heavy atom. The Kier molecular flexibility index (Phi) is 11.4. The van der Waals surface area contributed by atoms with Crippen LogP contribution < -0.4 is 9.05 Å². The minimum atomic E-state index is -4.29. The lowest BCUT2D eigenvalue weighted by Gasteiger charge is -2.41. The molecule has 4 nitrogen and oxygen atoms in total. The van der Waals surface area contributed by atoms with Gasteiger partial charge in [-0.25, -0.2) is 4.57 Å². The van der Waals surface area contributed by atoms with Crippen LogP contribution in [0.3, 0.4) is 0 Å². The summed E-state index contributed by atoms with van der Waals surface area (Å²) in [6.45, 7) is 31.8. The van der Waals surface area contributed by atoms with Crippen molar-refractivity contribution in [3.8, 4) is 11.5 Å². The highest BCUT2D eigenvalue weighted by molar-refractivity contribution is 7.49. The molecule has 3 saturated carbocycles. The normalized spacial score (nSPS) is 25.8. The van der Waals surface area contributed by atoms with Crippen LogP contribution in [0.5, 0.6) is 11.5 Å². The molecule has 0 amide bonds. The summed E-state index contributed by atoms with van der Waals surface area (Å²) in [7, 11) is -0.124. The lowest BCUT2D eigenvalue weighted by molar-refractivity contribution is 0.0343. The maximum atomic E-state index is 15.9. The van der Waals surface area contributed by atoms with Gasteiger partial charge in [-0.05, 0) is 98.7 Å². The van der Waals surface area contributed by atoms with E-state index in [4.69, 9.17) is 13.6 Å². The van der Waals surface area contributed by atoms with E-state index >= 15 is 4.57 Å². The Balaban J connectivity index is 1.55. The molecule has 2 aromatic rings. The average Bonchev–Trinajstić information content (AvgIpc) is 3.70. The number of rotatable bonds is 10. The number of phosphoric acid groups is 1. The molecule has 5 atom stereocenters. The van der Waals surface area contributed by atoms with Gasteiger partial charge in [-0.1, -0.05) is 166 Å². The Hall–Kier alpha value is -1.55. The first-order valence-corrected chi connectivity index (χ1v) is 23.6. The van der Waals surface area contributed by atoms with E-state index in [9.17, 15) is 0 Å². The fourth-order valence-electron chi connectivity index (χ4n) is 9.65. The molecule has 1 aliphatic heterocycles. The summed E-state index contributed by atoms with van der Waals surface area (Å²) in [6.07, 6.45) is 13.3. The van der Waals surface area contributed by atoms with E-state index in [2.05, 4.69) is 131 Å². The second-order valence-electron chi connectivity index (χ2n) is 22.4. The zero-order valence-electron chi connectivity index (χ0n) is 36.6. The number of benzene rings is 2. The summed E-state index contributed by atoms with van der Waals surface area (Å²) in [5, 5.41) is -0.875. The molecule has 6 heteroatoms. The molecule has 3 aliphatic carbocycles. The van der Waals surface area contributed by atoms with E-state index in [1.807, 2.05) is 0 Å². The molecular weight excluding hydrogens is 700 g/mol. The first-order valence-electron chi connectivity index (χ1n) is 21.6. The number of phosphoric ester groups is 1. The summed E-state index contributed by atoms with van der Waals surface area (Å²) in [6, 6.07) is 9.36. The molecule has 2 aromatic carbocycles. The van der Waals surface area contributed by atoms with Crippen molar-refractivity contribution in [1.82, 2.24) is 0 Å². The van der Waals surface area contributed by atoms with Crippen molar-refractivity contribution in [2.75, 3.05) is 0 Å². The van der Waals surface area contributed by atoms with Crippen molar-refractivity contribution < 1.29 is 18.1 Å². The van der Waals surface area contributed by atoms with E-state index < -0.39 is 13.0 Å². The Bertz CT molecular complexity index is 1730. The van der Waals surface area contributed by atoms with Crippen molar-refractivity contribution in [2.24, 2.45) is 35.5 Å². The first-order chi connectivity index (χ1) is 24.8. The third-order valence-electron chi connectivity index (χ3n) is 13.9. The summed E-state index contributed by atoms with van der Waals surface area (Å²) in [5.41, 5.74) is 6.17. The van der Waals surface area contributed by atoms with Crippen molar-refractivity contribution in [3.63, 3.8) is 0 Å². The molecule has 54 heavy (non-hydrogen) atoms. The highest BCUT2D eigenvalue weighted by Gasteiger charge is 2.50. The van der Waals surface area contributed by atoms with Crippen molar-refractivity contribution >= 4 is 18.1 Å². The van der Waals surface area contributed by atoms with Gasteiger partial charge in [0.15, 0.2) is 0 Å². The molecule has 0 bridgehead atoms. The monoisotopic (exact) mass is 774 g/mol. The lowest BCUT2D eigenvalue weighted by Crippen LogP contribution is -2.43. The van der Waals surface area contributed by atoms with E-state index in [-0.39, 0.29) is 27.6 Å². The predicted molar refractivity (Wildman–Crippen MR) is 227 cm³/mol. The van der Waals surface area contributed by atoms with Gasteiger partial charge in [-0.15, -0.1) is 0 Å². The Morgan fingerprint density at radius 2 is 1.22 bits per heavy atom. The number of fused-ring (bicyclic) bond motifs is 2. The average molecular weight is 774 g/mol. The SMILES string of the molecule is CC(C)C(C)C([Si])(CC1CC1)OP1(=O)Oc2c(cc(C(C)(C)C)cc2C(C)(C)C)Cc2cc(C(C)(C)CC3CCCC3C3CCC3)cc(C(C)(C)C)c2O1. The molecule has 5 unspecified atom stereocenters. The molecular formula is C48H74O4PSi. The minimum Gasteiger partial charge on any atom is -0.394 e. The highest BCUT2D eigenvalue weighted by atomic mass is 31.2. The zero-order valence-corrected chi connectivity index (χ0v) is 38.5. The van der Waals surface area contributed by atoms with Gasteiger partial charge in [0.25, 0.3) is 0 Å². The van der Waals surface area contributed by atoms with Gasteiger partial charge in [0.05, 0.1) is 15.5 Å². The second kappa shape index (κ2) is 14.7. The maximum Gasteiger partial charge on any atom is 0.587 e. The van der Waals surface area contributed by atoms with Gasteiger partial charge in [-0.3, -0.25) is 4.52 Å². The van der Waals surface area contributed by atoms with Crippen LogP contribution in [-0.2, 0) is 37.2 Å². The molecule has 3 fully saturated rings. The van der Waals surface area contributed by atoms with Crippen LogP contribution in [0.2, 0.25) is 0 Å². The largest absolute Gasteiger partial charge is 0.587 e. The summed E-state index contributed by atoms with van der Waals surface area (Å²) >= 11 is 0. The van der Waals surface area contributed by atoms with Crippen molar-refractivity contribution in [2.45, 2.75) is 194 Å². The second-order valence-corrected chi connectivity index (χ2v) is 24.7. The fraction of sp³-hybridized carbons (Fsp3) is 0.750. The molecule has 6 rings (SSSR count). The van der Waals surface area contributed by atoms with E-state index in [0.29, 0.717) is 29.8 Å².